The summed E-state index contributed by atoms with van der Waals surface area (Å²) in [5.74, 6) is 2.96. The first kappa shape index (κ1) is 20.6. The highest BCUT2D eigenvalue weighted by Crippen LogP contribution is 2.34. The number of halogens is 1. The molecule has 4 nitrogen and oxygen atoms in total. The van der Waals surface area contributed by atoms with Crippen molar-refractivity contribution in [2.45, 2.75) is 31.6 Å². The van der Waals surface area contributed by atoms with Gasteiger partial charge < -0.3 is 14.4 Å². The first-order valence-corrected chi connectivity index (χ1v) is 11.6. The Bertz CT molecular complexity index is 838. The number of hydrogen-bond acceptors (Lipinski definition) is 4. The van der Waals surface area contributed by atoms with E-state index in [1.807, 2.05) is 17.0 Å². The highest BCUT2D eigenvalue weighted by molar-refractivity contribution is 7.99. The minimum atomic E-state index is 0.230. The van der Waals surface area contributed by atoms with Gasteiger partial charge in [0.2, 0.25) is 5.91 Å². The van der Waals surface area contributed by atoms with Crippen molar-refractivity contribution in [3.63, 3.8) is 0 Å². The third-order valence-electron chi connectivity index (χ3n) is 5.57. The Morgan fingerprint density at radius 3 is 2.76 bits per heavy atom. The van der Waals surface area contributed by atoms with E-state index in [-0.39, 0.29) is 12.7 Å². The van der Waals surface area contributed by atoms with Gasteiger partial charge in [0.1, 0.15) is 5.75 Å². The SMILES string of the molecule is O=C(CSCc1cc(Cl)cc2c1OCOC2)N1CCC(Cc2ccccc2)CC1. The van der Waals surface area contributed by atoms with Crippen molar-refractivity contribution in [1.82, 2.24) is 4.90 Å². The van der Waals surface area contributed by atoms with Crippen LogP contribution >= 0.6 is 23.4 Å². The van der Waals surface area contributed by atoms with E-state index in [1.54, 1.807) is 11.8 Å². The van der Waals surface area contributed by atoms with Gasteiger partial charge in [-0.15, -0.1) is 11.8 Å². The molecule has 1 amide bonds. The van der Waals surface area contributed by atoms with Crippen LogP contribution in [0.3, 0.4) is 0 Å². The molecule has 2 heterocycles. The molecule has 0 bridgehead atoms. The molecular weight excluding hydrogens is 406 g/mol. The van der Waals surface area contributed by atoms with E-state index in [0.717, 1.165) is 49.2 Å². The highest BCUT2D eigenvalue weighted by Gasteiger charge is 2.23. The Balaban J connectivity index is 1.23. The van der Waals surface area contributed by atoms with Crippen LogP contribution in [-0.2, 0) is 28.3 Å². The van der Waals surface area contributed by atoms with E-state index >= 15 is 0 Å². The second-order valence-corrected chi connectivity index (χ2v) is 9.09. The van der Waals surface area contributed by atoms with Crippen molar-refractivity contribution in [3.8, 4) is 5.75 Å². The molecule has 0 N–H and O–H groups in total. The smallest absolute Gasteiger partial charge is 0.232 e. The number of fused-ring (bicyclic) bond motifs is 1. The molecular formula is C23H26ClNO3S. The second-order valence-electron chi connectivity index (χ2n) is 7.67. The Morgan fingerprint density at radius 2 is 1.97 bits per heavy atom. The number of carbonyl (C=O) groups excluding carboxylic acids is 1. The van der Waals surface area contributed by atoms with Crippen LogP contribution in [0.15, 0.2) is 42.5 Å². The van der Waals surface area contributed by atoms with Crippen LogP contribution in [0.25, 0.3) is 0 Å². The van der Waals surface area contributed by atoms with Gasteiger partial charge in [-0.05, 0) is 42.9 Å². The van der Waals surface area contributed by atoms with Gasteiger partial charge in [0, 0.05) is 35.0 Å². The zero-order valence-corrected chi connectivity index (χ0v) is 18.0. The van der Waals surface area contributed by atoms with Gasteiger partial charge in [-0.2, -0.15) is 0 Å². The normalized spacial score (nSPS) is 16.9. The summed E-state index contributed by atoms with van der Waals surface area (Å²) in [5.41, 5.74) is 3.41. The van der Waals surface area contributed by atoms with E-state index < -0.39 is 0 Å². The van der Waals surface area contributed by atoms with Gasteiger partial charge in [-0.3, -0.25) is 4.79 Å². The number of carbonyl (C=O) groups is 1. The molecule has 2 aliphatic rings. The number of benzene rings is 2. The van der Waals surface area contributed by atoms with Gasteiger partial charge in [-0.1, -0.05) is 41.9 Å². The predicted octanol–water partition coefficient (Wildman–Crippen LogP) is 4.92. The minimum Gasteiger partial charge on any atom is -0.467 e. The third-order valence-corrected chi connectivity index (χ3v) is 6.75. The van der Waals surface area contributed by atoms with Crippen LogP contribution in [0.5, 0.6) is 5.75 Å². The molecule has 154 valence electrons. The Kier molecular flexibility index (Phi) is 7.01. The fourth-order valence-electron chi connectivity index (χ4n) is 4.04. The monoisotopic (exact) mass is 431 g/mol. The van der Waals surface area contributed by atoms with E-state index in [0.29, 0.717) is 29.1 Å². The summed E-state index contributed by atoms with van der Waals surface area (Å²) in [7, 11) is 0. The van der Waals surface area contributed by atoms with Crippen LogP contribution < -0.4 is 4.74 Å². The molecule has 0 unspecified atom stereocenters. The molecule has 2 aromatic carbocycles. The summed E-state index contributed by atoms with van der Waals surface area (Å²) < 4.78 is 11.0. The van der Waals surface area contributed by atoms with Gasteiger partial charge >= 0.3 is 0 Å². The maximum Gasteiger partial charge on any atom is 0.232 e. The van der Waals surface area contributed by atoms with Crippen LogP contribution in [0.4, 0.5) is 0 Å². The topological polar surface area (TPSA) is 38.8 Å². The lowest BCUT2D eigenvalue weighted by Gasteiger charge is -2.32. The number of likely N-dealkylation sites (tertiary alicyclic amines) is 1. The maximum atomic E-state index is 12.6. The quantitative estimate of drug-likeness (QED) is 0.650. The van der Waals surface area contributed by atoms with Crippen LogP contribution in [-0.4, -0.2) is 36.4 Å². The summed E-state index contributed by atoms with van der Waals surface area (Å²) >= 11 is 7.84. The summed E-state index contributed by atoms with van der Waals surface area (Å²) in [6.45, 7) is 2.52. The molecule has 0 radical (unpaired) electrons. The van der Waals surface area contributed by atoms with Crippen LogP contribution in [0, 0.1) is 5.92 Å². The third kappa shape index (κ3) is 5.47. The van der Waals surface area contributed by atoms with E-state index in [4.69, 9.17) is 21.1 Å². The molecule has 6 heteroatoms. The number of piperidine rings is 1. The zero-order valence-electron chi connectivity index (χ0n) is 16.4. The number of thioether (sulfide) groups is 1. The van der Waals surface area contributed by atoms with Crippen molar-refractivity contribution in [2.24, 2.45) is 5.92 Å². The lowest BCUT2D eigenvalue weighted by Crippen LogP contribution is -2.39. The molecule has 0 atom stereocenters. The summed E-state index contributed by atoms with van der Waals surface area (Å²) in [6.07, 6.45) is 3.28. The molecule has 2 aromatic rings. The van der Waals surface area contributed by atoms with Gasteiger partial charge in [0.05, 0.1) is 12.4 Å². The second kappa shape index (κ2) is 9.88. The number of ether oxygens (including phenoxy) is 2. The molecule has 29 heavy (non-hydrogen) atoms. The Labute approximate surface area is 181 Å². The standard InChI is InChI=1S/C23H26ClNO3S/c24-21-11-19-13-27-16-28-23(19)20(12-21)14-29-15-22(26)25-8-6-18(7-9-25)10-17-4-2-1-3-5-17/h1-5,11-12,18H,6-10,13-16H2. The largest absolute Gasteiger partial charge is 0.467 e. The van der Waals surface area contributed by atoms with Crippen molar-refractivity contribution in [3.05, 3.63) is 64.2 Å². The molecule has 0 aliphatic carbocycles. The van der Waals surface area contributed by atoms with Crippen molar-refractivity contribution in [2.75, 3.05) is 25.6 Å². The number of hydrogen-bond donors (Lipinski definition) is 0. The molecule has 1 saturated heterocycles. The molecule has 2 aliphatic heterocycles. The fourth-order valence-corrected chi connectivity index (χ4v) is 5.19. The Morgan fingerprint density at radius 1 is 1.17 bits per heavy atom. The van der Waals surface area contributed by atoms with Crippen LogP contribution in [0.2, 0.25) is 5.02 Å². The molecule has 1 fully saturated rings. The zero-order chi connectivity index (χ0) is 20.1. The van der Waals surface area contributed by atoms with Gasteiger partial charge in [0.15, 0.2) is 6.79 Å². The number of nitrogens with zero attached hydrogens (tertiary/aromatic N) is 1. The number of amides is 1. The van der Waals surface area contributed by atoms with Gasteiger partial charge in [0.25, 0.3) is 0 Å². The van der Waals surface area contributed by atoms with Crippen LogP contribution in [0.1, 0.15) is 29.5 Å². The molecule has 4 rings (SSSR count). The van der Waals surface area contributed by atoms with Gasteiger partial charge in [-0.25, -0.2) is 0 Å². The minimum absolute atomic E-state index is 0.230. The molecule has 0 spiro atoms. The van der Waals surface area contributed by atoms with Crippen molar-refractivity contribution in [1.29, 1.82) is 0 Å². The summed E-state index contributed by atoms with van der Waals surface area (Å²) in [6, 6.07) is 14.5. The average Bonchev–Trinajstić information content (AvgIpc) is 2.75. The molecule has 0 aromatic heterocycles. The predicted molar refractivity (Wildman–Crippen MR) is 117 cm³/mol. The highest BCUT2D eigenvalue weighted by atomic mass is 35.5. The van der Waals surface area contributed by atoms with Crippen molar-refractivity contribution < 1.29 is 14.3 Å². The average molecular weight is 432 g/mol. The Hall–Kier alpha value is -1.69. The lowest BCUT2D eigenvalue weighted by molar-refractivity contribution is -0.129. The first-order chi connectivity index (χ1) is 14.2. The first-order valence-electron chi connectivity index (χ1n) is 10.1. The van der Waals surface area contributed by atoms with E-state index in [1.165, 1.54) is 5.56 Å². The lowest BCUT2D eigenvalue weighted by atomic mass is 9.90. The van der Waals surface area contributed by atoms with Crippen molar-refractivity contribution >= 4 is 29.3 Å². The number of rotatable bonds is 6. The molecule has 0 saturated carbocycles. The summed E-state index contributed by atoms with van der Waals surface area (Å²) in [4.78, 5) is 14.7. The van der Waals surface area contributed by atoms with E-state index in [9.17, 15) is 4.79 Å². The summed E-state index contributed by atoms with van der Waals surface area (Å²) in [5, 5.41) is 0.681. The maximum absolute atomic E-state index is 12.6. The van der Waals surface area contributed by atoms with E-state index in [2.05, 4.69) is 30.3 Å². The fraction of sp³-hybridized carbons (Fsp3) is 0.435.